The highest BCUT2D eigenvalue weighted by atomic mass is 16.5. The van der Waals surface area contributed by atoms with Crippen molar-refractivity contribution in [3.8, 4) is 11.5 Å². The monoisotopic (exact) mass is 394 g/mol. The normalized spacial score (nSPS) is 9.31. The lowest BCUT2D eigenvalue weighted by molar-refractivity contribution is 0.482. The largest absolute Gasteiger partial charge is 0.457 e. The molecule has 0 radical (unpaired) electrons. The van der Waals surface area contributed by atoms with Crippen molar-refractivity contribution in [2.45, 2.75) is 78.1 Å². The van der Waals surface area contributed by atoms with Gasteiger partial charge in [-0.1, -0.05) is 101 Å². The minimum atomic E-state index is 0.869. The Hall–Kier alpha value is -2.28. The number of rotatable bonds is 12. The van der Waals surface area contributed by atoms with E-state index in [1.165, 1.54) is 64.2 Å². The van der Waals surface area contributed by atoms with Crippen LogP contribution in [-0.4, -0.2) is 0 Å². The summed E-state index contributed by atoms with van der Waals surface area (Å²) in [6, 6.07) is 19.5. The van der Waals surface area contributed by atoms with E-state index in [0.29, 0.717) is 0 Å². The summed E-state index contributed by atoms with van der Waals surface area (Å²) in [4.78, 5) is 0. The van der Waals surface area contributed by atoms with Gasteiger partial charge in [0.1, 0.15) is 11.5 Å². The van der Waals surface area contributed by atoms with E-state index in [2.05, 4.69) is 27.0 Å². The van der Waals surface area contributed by atoms with Crippen molar-refractivity contribution in [1.82, 2.24) is 0 Å². The first-order chi connectivity index (χ1) is 14.3. The number of hydrogen-bond donors (Lipinski definition) is 0. The van der Waals surface area contributed by atoms with E-state index < -0.39 is 0 Å². The van der Waals surface area contributed by atoms with Gasteiger partial charge in [0.25, 0.3) is 0 Å². The topological polar surface area (TPSA) is 9.23 Å². The SMILES string of the molecule is C=CCCCCCC.C=CCCCCCC.c1ccc(Oc2ccccc2)cc1. The second-order valence-electron chi connectivity index (χ2n) is 7.00. The fourth-order valence-electron chi connectivity index (χ4n) is 2.54. The molecule has 1 nitrogen and oxygen atoms in total. The smallest absolute Gasteiger partial charge is 0.127 e. The molecule has 2 rings (SSSR count). The molecule has 0 aliphatic rings. The molecule has 0 saturated carbocycles. The van der Waals surface area contributed by atoms with Gasteiger partial charge in [0, 0.05) is 0 Å². The summed E-state index contributed by atoms with van der Waals surface area (Å²) in [5.41, 5.74) is 0. The third-order valence-corrected chi connectivity index (χ3v) is 4.25. The Balaban J connectivity index is 0.000000432. The van der Waals surface area contributed by atoms with Crippen molar-refractivity contribution in [3.05, 3.63) is 86.0 Å². The van der Waals surface area contributed by atoms with Crippen molar-refractivity contribution in [3.63, 3.8) is 0 Å². The van der Waals surface area contributed by atoms with Gasteiger partial charge in [-0.05, 0) is 49.9 Å². The second-order valence-corrected chi connectivity index (χ2v) is 7.00. The predicted molar refractivity (Wildman–Crippen MR) is 131 cm³/mol. The second kappa shape index (κ2) is 22.0. The fraction of sp³-hybridized carbons (Fsp3) is 0.429. The van der Waals surface area contributed by atoms with Crippen molar-refractivity contribution >= 4 is 0 Å². The van der Waals surface area contributed by atoms with E-state index in [-0.39, 0.29) is 0 Å². The van der Waals surface area contributed by atoms with Gasteiger partial charge < -0.3 is 4.74 Å². The lowest BCUT2D eigenvalue weighted by Gasteiger charge is -2.03. The highest BCUT2D eigenvalue weighted by Crippen LogP contribution is 2.19. The molecule has 0 bridgehead atoms. The van der Waals surface area contributed by atoms with Crippen LogP contribution in [0.3, 0.4) is 0 Å². The van der Waals surface area contributed by atoms with E-state index in [9.17, 15) is 0 Å². The molecule has 0 aliphatic carbocycles. The Morgan fingerprint density at radius 2 is 0.966 bits per heavy atom. The fourth-order valence-corrected chi connectivity index (χ4v) is 2.54. The summed E-state index contributed by atoms with van der Waals surface area (Å²) in [6.07, 6.45) is 17.2. The van der Waals surface area contributed by atoms with E-state index in [0.717, 1.165) is 11.5 Å². The molecule has 0 fully saturated rings. The molecule has 29 heavy (non-hydrogen) atoms. The van der Waals surface area contributed by atoms with Gasteiger partial charge in [-0.15, -0.1) is 13.2 Å². The molecule has 0 N–H and O–H groups in total. The summed E-state index contributed by atoms with van der Waals surface area (Å²) in [6.45, 7) is 11.8. The lowest BCUT2D eigenvalue weighted by atomic mass is 10.2. The first-order valence-corrected chi connectivity index (χ1v) is 11.3. The summed E-state index contributed by atoms with van der Waals surface area (Å²) in [5.74, 6) is 1.74. The first-order valence-electron chi connectivity index (χ1n) is 11.3. The van der Waals surface area contributed by atoms with Crippen LogP contribution >= 0.6 is 0 Å². The van der Waals surface area contributed by atoms with Gasteiger partial charge in [0.05, 0.1) is 0 Å². The molecule has 2 aromatic carbocycles. The van der Waals surface area contributed by atoms with Crippen LogP contribution in [0, 0.1) is 0 Å². The molecule has 0 spiro atoms. The molecule has 0 heterocycles. The third-order valence-electron chi connectivity index (χ3n) is 4.25. The van der Waals surface area contributed by atoms with Gasteiger partial charge in [0.15, 0.2) is 0 Å². The van der Waals surface area contributed by atoms with Gasteiger partial charge in [-0.3, -0.25) is 0 Å². The number of benzene rings is 2. The Morgan fingerprint density at radius 1 is 0.586 bits per heavy atom. The van der Waals surface area contributed by atoms with Crippen LogP contribution < -0.4 is 4.74 Å². The molecule has 0 aromatic heterocycles. The zero-order chi connectivity index (χ0) is 21.4. The van der Waals surface area contributed by atoms with E-state index in [1.807, 2.05) is 72.8 Å². The molecule has 1 heteroatoms. The number of para-hydroxylation sites is 2. The quantitative estimate of drug-likeness (QED) is 0.257. The lowest BCUT2D eigenvalue weighted by Crippen LogP contribution is -1.81. The molecular formula is C28H42O. The molecule has 0 atom stereocenters. The average molecular weight is 395 g/mol. The van der Waals surface area contributed by atoms with Crippen molar-refractivity contribution in [2.24, 2.45) is 0 Å². The standard InChI is InChI=1S/C12H10O.2C8H16/c1-3-7-11(8-4-1)13-12-9-5-2-6-10-12;2*1-3-5-7-8-6-4-2/h1-10H;2*3H,1,4-8H2,2H3. The number of ether oxygens (including phenoxy) is 1. The van der Waals surface area contributed by atoms with Crippen LogP contribution in [0.25, 0.3) is 0 Å². The maximum atomic E-state index is 5.58. The maximum Gasteiger partial charge on any atom is 0.127 e. The molecule has 160 valence electrons. The van der Waals surface area contributed by atoms with Crippen molar-refractivity contribution in [1.29, 1.82) is 0 Å². The van der Waals surface area contributed by atoms with Crippen LogP contribution in [0.1, 0.15) is 78.1 Å². The van der Waals surface area contributed by atoms with Crippen LogP contribution in [0.5, 0.6) is 11.5 Å². The number of unbranched alkanes of at least 4 members (excludes halogenated alkanes) is 8. The van der Waals surface area contributed by atoms with Crippen LogP contribution in [-0.2, 0) is 0 Å². The first kappa shape index (κ1) is 26.7. The molecule has 0 saturated heterocycles. The molecule has 0 unspecified atom stereocenters. The summed E-state index contributed by atoms with van der Waals surface area (Å²) >= 11 is 0. The van der Waals surface area contributed by atoms with E-state index >= 15 is 0 Å². The van der Waals surface area contributed by atoms with Gasteiger partial charge in [0.2, 0.25) is 0 Å². The van der Waals surface area contributed by atoms with Crippen molar-refractivity contribution in [2.75, 3.05) is 0 Å². The van der Waals surface area contributed by atoms with Gasteiger partial charge in [-0.2, -0.15) is 0 Å². The predicted octanol–water partition coefficient (Wildman–Crippen LogP) is 9.76. The Bertz CT molecular complexity index is 520. The Morgan fingerprint density at radius 3 is 1.28 bits per heavy atom. The zero-order valence-electron chi connectivity index (χ0n) is 18.8. The van der Waals surface area contributed by atoms with Crippen LogP contribution in [0.4, 0.5) is 0 Å². The summed E-state index contributed by atoms with van der Waals surface area (Å²) < 4.78 is 5.58. The van der Waals surface area contributed by atoms with Crippen LogP contribution in [0.15, 0.2) is 86.0 Å². The summed E-state index contributed by atoms with van der Waals surface area (Å²) in [5, 5.41) is 0. The van der Waals surface area contributed by atoms with Crippen molar-refractivity contribution < 1.29 is 4.74 Å². The minimum absolute atomic E-state index is 0.869. The molecule has 0 aliphatic heterocycles. The molecular weight excluding hydrogens is 352 g/mol. The zero-order valence-corrected chi connectivity index (χ0v) is 18.8. The summed E-state index contributed by atoms with van der Waals surface area (Å²) in [7, 11) is 0. The molecule has 0 amide bonds. The van der Waals surface area contributed by atoms with Gasteiger partial charge in [-0.25, -0.2) is 0 Å². The van der Waals surface area contributed by atoms with Gasteiger partial charge >= 0.3 is 0 Å². The molecule has 2 aromatic rings. The van der Waals surface area contributed by atoms with E-state index in [4.69, 9.17) is 4.74 Å². The average Bonchev–Trinajstić information content (AvgIpc) is 2.77. The highest BCUT2D eigenvalue weighted by Gasteiger charge is 1.92. The van der Waals surface area contributed by atoms with Crippen LogP contribution in [0.2, 0.25) is 0 Å². The third kappa shape index (κ3) is 18.8. The minimum Gasteiger partial charge on any atom is -0.457 e. The Labute approximate surface area is 180 Å². The van der Waals surface area contributed by atoms with E-state index in [1.54, 1.807) is 0 Å². The number of hydrogen-bond acceptors (Lipinski definition) is 1. The highest BCUT2D eigenvalue weighted by molar-refractivity contribution is 5.30. The Kier molecular flexibility index (Phi) is 20.3. The maximum absolute atomic E-state index is 5.58. The number of allylic oxidation sites excluding steroid dienone is 2.